The molecular weight excluding hydrogens is 392 g/mol. The summed E-state index contributed by atoms with van der Waals surface area (Å²) in [6, 6.07) is 17.2. The van der Waals surface area contributed by atoms with Gasteiger partial charge in [-0.25, -0.2) is 0 Å². The van der Waals surface area contributed by atoms with E-state index < -0.39 is 21.2 Å². The Balaban J connectivity index is 1.77. The molecule has 0 atom stereocenters. The van der Waals surface area contributed by atoms with Crippen molar-refractivity contribution >= 4 is 23.3 Å². The van der Waals surface area contributed by atoms with E-state index in [0.717, 1.165) is 12.1 Å². The first-order valence-corrected chi connectivity index (χ1v) is 8.61. The van der Waals surface area contributed by atoms with Gasteiger partial charge >= 0.3 is 5.69 Å². The number of rotatable bonds is 8. The van der Waals surface area contributed by atoms with E-state index in [-0.39, 0.29) is 5.75 Å². The molecule has 0 saturated carbocycles. The zero-order valence-corrected chi connectivity index (χ0v) is 15.7. The monoisotopic (exact) mass is 408 g/mol. The zero-order chi connectivity index (χ0) is 21.5. The number of ether oxygens (including phenoxy) is 2. The van der Waals surface area contributed by atoms with Gasteiger partial charge in [0.1, 0.15) is 11.5 Å². The molecule has 3 aromatic rings. The van der Waals surface area contributed by atoms with Gasteiger partial charge in [-0.2, -0.15) is 5.10 Å². The first-order chi connectivity index (χ1) is 14.5. The number of nitrogens with zero attached hydrogens (tertiary/aromatic N) is 3. The third kappa shape index (κ3) is 4.87. The Bertz CT molecular complexity index is 1120. The third-order valence-electron chi connectivity index (χ3n) is 3.94. The average Bonchev–Trinajstić information content (AvgIpc) is 2.74. The maximum Gasteiger partial charge on any atom is 0.318 e. The average molecular weight is 408 g/mol. The number of non-ortho nitro benzene ring substituents is 1. The van der Waals surface area contributed by atoms with Gasteiger partial charge in [0.05, 0.1) is 34.9 Å². The Morgan fingerprint density at radius 1 is 0.933 bits per heavy atom. The van der Waals surface area contributed by atoms with Crippen LogP contribution < -0.4 is 14.9 Å². The van der Waals surface area contributed by atoms with Crippen molar-refractivity contribution in [3.05, 3.63) is 92.5 Å². The Morgan fingerprint density at radius 2 is 1.73 bits per heavy atom. The van der Waals surface area contributed by atoms with Gasteiger partial charge in [-0.1, -0.05) is 24.3 Å². The fraction of sp³-hybridized carbons (Fsp3) is 0.0500. The van der Waals surface area contributed by atoms with Crippen LogP contribution in [0.5, 0.6) is 17.2 Å². The second-order valence-electron chi connectivity index (χ2n) is 5.91. The summed E-state index contributed by atoms with van der Waals surface area (Å²) < 4.78 is 10.8. The summed E-state index contributed by atoms with van der Waals surface area (Å²) in [6.45, 7) is 0. The van der Waals surface area contributed by atoms with E-state index in [9.17, 15) is 20.2 Å². The number of hydrogen-bond acceptors (Lipinski definition) is 8. The number of nitro groups is 2. The standard InChI is InChI=1S/C20H16N4O6/c1-29-19-8-3-2-7-17(19)22-21-13-14-5-4-6-16(11-14)30-20-10-9-15(23(25)26)12-18(20)24(27)28/h2-13,22H,1H3/b21-13+. The lowest BCUT2D eigenvalue weighted by Crippen LogP contribution is -1.97. The molecule has 0 aliphatic carbocycles. The normalized spacial score (nSPS) is 10.6. The Kier molecular flexibility index (Phi) is 6.18. The molecule has 10 nitrogen and oxygen atoms in total. The first-order valence-electron chi connectivity index (χ1n) is 8.61. The molecule has 0 unspecified atom stereocenters. The number of hydrogen-bond donors (Lipinski definition) is 1. The summed E-state index contributed by atoms with van der Waals surface area (Å²) in [5.74, 6) is 0.845. The Labute approximate surface area is 170 Å². The van der Waals surface area contributed by atoms with E-state index in [4.69, 9.17) is 9.47 Å². The molecule has 3 rings (SSSR count). The van der Waals surface area contributed by atoms with E-state index in [0.29, 0.717) is 22.7 Å². The Morgan fingerprint density at radius 3 is 2.47 bits per heavy atom. The van der Waals surface area contributed by atoms with Gasteiger partial charge in [0.2, 0.25) is 5.75 Å². The molecular formula is C20H16N4O6. The molecule has 0 amide bonds. The van der Waals surface area contributed by atoms with Crippen LogP contribution in [0, 0.1) is 20.2 Å². The maximum absolute atomic E-state index is 11.2. The molecule has 152 valence electrons. The van der Waals surface area contributed by atoms with E-state index in [1.165, 1.54) is 6.07 Å². The van der Waals surface area contributed by atoms with E-state index in [1.54, 1.807) is 43.7 Å². The molecule has 0 fully saturated rings. The van der Waals surface area contributed by atoms with E-state index >= 15 is 0 Å². The van der Waals surface area contributed by atoms with E-state index in [1.807, 2.05) is 18.2 Å². The van der Waals surface area contributed by atoms with Crippen LogP contribution in [-0.2, 0) is 0 Å². The van der Waals surface area contributed by atoms with Crippen LogP contribution in [0.1, 0.15) is 5.56 Å². The van der Waals surface area contributed by atoms with Crippen LogP contribution in [0.25, 0.3) is 0 Å². The summed E-state index contributed by atoms with van der Waals surface area (Å²) >= 11 is 0. The third-order valence-corrected chi connectivity index (χ3v) is 3.94. The highest BCUT2D eigenvalue weighted by Gasteiger charge is 2.21. The van der Waals surface area contributed by atoms with Crippen molar-refractivity contribution in [1.29, 1.82) is 0 Å². The van der Waals surface area contributed by atoms with Crippen molar-refractivity contribution < 1.29 is 19.3 Å². The largest absolute Gasteiger partial charge is 0.495 e. The van der Waals surface area contributed by atoms with Gasteiger partial charge in [-0.05, 0) is 35.9 Å². The van der Waals surface area contributed by atoms with Crippen molar-refractivity contribution in [2.24, 2.45) is 5.10 Å². The van der Waals surface area contributed by atoms with Crippen LogP contribution in [0.2, 0.25) is 0 Å². The van der Waals surface area contributed by atoms with Crippen LogP contribution in [0.15, 0.2) is 71.8 Å². The summed E-state index contributed by atoms with van der Waals surface area (Å²) in [6.07, 6.45) is 1.55. The fourth-order valence-electron chi connectivity index (χ4n) is 2.55. The fourth-order valence-corrected chi connectivity index (χ4v) is 2.55. The van der Waals surface area contributed by atoms with Crippen LogP contribution in [0.4, 0.5) is 17.1 Å². The maximum atomic E-state index is 11.2. The zero-order valence-electron chi connectivity index (χ0n) is 15.7. The minimum Gasteiger partial charge on any atom is -0.495 e. The summed E-state index contributed by atoms with van der Waals surface area (Å²) in [7, 11) is 1.56. The van der Waals surface area contributed by atoms with Crippen molar-refractivity contribution in [1.82, 2.24) is 0 Å². The Hall–Kier alpha value is -4.47. The van der Waals surface area contributed by atoms with Crippen LogP contribution >= 0.6 is 0 Å². The summed E-state index contributed by atoms with van der Waals surface area (Å²) in [5, 5.41) is 26.2. The quantitative estimate of drug-likeness (QED) is 0.323. The molecule has 3 aromatic carbocycles. The second kappa shape index (κ2) is 9.15. The van der Waals surface area contributed by atoms with E-state index in [2.05, 4.69) is 10.5 Å². The number of hydrazone groups is 1. The smallest absolute Gasteiger partial charge is 0.318 e. The number of nitrogens with one attached hydrogen (secondary N) is 1. The number of benzene rings is 3. The van der Waals surface area contributed by atoms with Gasteiger partial charge in [-0.3, -0.25) is 25.7 Å². The van der Waals surface area contributed by atoms with Gasteiger partial charge < -0.3 is 9.47 Å². The molecule has 0 aliphatic heterocycles. The molecule has 0 bridgehead atoms. The van der Waals surface area contributed by atoms with Gasteiger partial charge in [-0.15, -0.1) is 0 Å². The minimum atomic E-state index is -0.731. The van der Waals surface area contributed by atoms with Gasteiger partial charge in [0, 0.05) is 6.07 Å². The number of anilines is 1. The molecule has 0 heterocycles. The van der Waals surface area contributed by atoms with Crippen LogP contribution in [-0.4, -0.2) is 23.2 Å². The van der Waals surface area contributed by atoms with Crippen molar-refractivity contribution in [3.8, 4) is 17.2 Å². The molecule has 0 radical (unpaired) electrons. The molecule has 0 aromatic heterocycles. The molecule has 30 heavy (non-hydrogen) atoms. The predicted molar refractivity (Wildman–Crippen MR) is 110 cm³/mol. The van der Waals surface area contributed by atoms with Gasteiger partial charge in [0.25, 0.3) is 5.69 Å². The summed E-state index contributed by atoms with van der Waals surface area (Å²) in [4.78, 5) is 20.7. The first kappa shape index (κ1) is 20.3. The number of para-hydroxylation sites is 2. The lowest BCUT2D eigenvalue weighted by atomic mass is 10.2. The molecule has 1 N–H and O–H groups in total. The van der Waals surface area contributed by atoms with Crippen molar-refractivity contribution in [3.63, 3.8) is 0 Å². The topological polar surface area (TPSA) is 129 Å². The molecule has 0 spiro atoms. The predicted octanol–water partition coefficient (Wildman–Crippen LogP) is 4.75. The highest BCUT2D eigenvalue weighted by molar-refractivity contribution is 5.81. The van der Waals surface area contributed by atoms with Crippen molar-refractivity contribution in [2.45, 2.75) is 0 Å². The lowest BCUT2D eigenvalue weighted by Gasteiger charge is -2.07. The molecule has 0 aliphatic rings. The summed E-state index contributed by atoms with van der Waals surface area (Å²) in [5.41, 5.74) is 3.33. The highest BCUT2D eigenvalue weighted by atomic mass is 16.6. The SMILES string of the molecule is COc1ccccc1N/N=C/c1cccc(Oc2ccc([N+](=O)[O-])cc2[N+](=O)[O-])c1. The van der Waals surface area contributed by atoms with Crippen molar-refractivity contribution in [2.75, 3.05) is 12.5 Å². The minimum absolute atomic E-state index is 0.105. The second-order valence-corrected chi connectivity index (χ2v) is 5.91. The molecule has 10 heteroatoms. The number of nitro benzene ring substituents is 2. The van der Waals surface area contributed by atoms with Gasteiger partial charge in [0.15, 0.2) is 0 Å². The lowest BCUT2D eigenvalue weighted by molar-refractivity contribution is -0.394. The number of methoxy groups -OCH3 is 1. The highest BCUT2D eigenvalue weighted by Crippen LogP contribution is 2.34. The van der Waals surface area contributed by atoms with Crippen LogP contribution in [0.3, 0.4) is 0 Å². The molecule has 0 saturated heterocycles.